The first-order chi connectivity index (χ1) is 14.0. The quantitative estimate of drug-likeness (QED) is 0.586. The number of hydrogen-bond donors (Lipinski definition) is 3. The standard InChI is InChI=1S/C20H27N5O3S/c1-2-10-24(20(29)22-12-15-9-6-11-28-15)16-17(21)25(19(27)23-18(16)26)13-14-7-4-3-5-8-14/h3-5,7-8,15H,2,6,9-13,21H2,1H3,(H,22,29)(H,23,26,27)/t15-/m0/s1. The number of H-pyrrole nitrogens is 1. The molecule has 0 bridgehead atoms. The van der Waals surface area contributed by atoms with E-state index in [0.29, 0.717) is 18.2 Å². The minimum Gasteiger partial charge on any atom is -0.383 e. The lowest BCUT2D eigenvalue weighted by atomic mass is 10.2. The van der Waals surface area contributed by atoms with Gasteiger partial charge in [-0.05, 0) is 37.0 Å². The SMILES string of the molecule is CCCN(C(=S)NC[C@@H]1CCCO1)c1c(N)n(Cc2ccccc2)c(=O)[nH]c1=O. The van der Waals surface area contributed by atoms with Gasteiger partial charge in [0.05, 0.1) is 12.6 Å². The zero-order valence-corrected chi connectivity index (χ0v) is 17.3. The monoisotopic (exact) mass is 417 g/mol. The first-order valence-corrected chi connectivity index (χ1v) is 10.3. The van der Waals surface area contributed by atoms with Gasteiger partial charge in [0.1, 0.15) is 5.82 Å². The molecule has 1 aliphatic rings. The molecule has 8 nitrogen and oxygen atoms in total. The molecule has 0 unspecified atom stereocenters. The highest BCUT2D eigenvalue weighted by molar-refractivity contribution is 7.80. The molecule has 156 valence electrons. The summed E-state index contributed by atoms with van der Waals surface area (Å²) in [5, 5.41) is 3.58. The largest absolute Gasteiger partial charge is 0.383 e. The Kier molecular flexibility index (Phi) is 7.05. The number of nitrogen functional groups attached to an aromatic ring is 1. The summed E-state index contributed by atoms with van der Waals surface area (Å²) in [5.74, 6) is 0.0947. The Morgan fingerprint density at radius 1 is 1.38 bits per heavy atom. The zero-order chi connectivity index (χ0) is 20.8. The first-order valence-electron chi connectivity index (χ1n) is 9.84. The first kappa shape index (κ1) is 21.1. The summed E-state index contributed by atoms with van der Waals surface area (Å²) >= 11 is 5.55. The number of ether oxygens (including phenoxy) is 1. The van der Waals surface area contributed by atoms with E-state index in [1.165, 1.54) is 4.57 Å². The molecule has 9 heteroatoms. The number of anilines is 2. The van der Waals surface area contributed by atoms with Crippen molar-refractivity contribution >= 4 is 28.8 Å². The molecular formula is C20H27N5O3S. The molecule has 1 aromatic heterocycles. The van der Waals surface area contributed by atoms with E-state index in [-0.39, 0.29) is 24.2 Å². The summed E-state index contributed by atoms with van der Waals surface area (Å²) in [6.45, 7) is 4.06. The Morgan fingerprint density at radius 2 is 2.14 bits per heavy atom. The molecule has 0 aliphatic carbocycles. The van der Waals surface area contributed by atoms with Crippen LogP contribution in [0.5, 0.6) is 0 Å². The van der Waals surface area contributed by atoms with E-state index in [0.717, 1.165) is 31.4 Å². The lowest BCUT2D eigenvalue weighted by molar-refractivity contribution is 0.114. The predicted molar refractivity (Wildman–Crippen MR) is 118 cm³/mol. The second kappa shape index (κ2) is 9.71. The number of nitrogens with two attached hydrogens (primary N) is 1. The van der Waals surface area contributed by atoms with Crippen molar-refractivity contribution in [2.75, 3.05) is 30.3 Å². The van der Waals surface area contributed by atoms with E-state index in [1.807, 2.05) is 37.3 Å². The Bertz CT molecular complexity index is 951. The van der Waals surface area contributed by atoms with Gasteiger partial charge in [-0.2, -0.15) is 0 Å². The number of aromatic amines is 1. The van der Waals surface area contributed by atoms with Gasteiger partial charge in [0.25, 0.3) is 5.56 Å². The summed E-state index contributed by atoms with van der Waals surface area (Å²) in [4.78, 5) is 29.1. The molecule has 0 amide bonds. The van der Waals surface area contributed by atoms with Crippen molar-refractivity contribution in [1.82, 2.24) is 14.9 Å². The topological polar surface area (TPSA) is 105 Å². The Hall–Kier alpha value is -2.65. The molecule has 1 aliphatic heterocycles. The van der Waals surface area contributed by atoms with Gasteiger partial charge in [0, 0.05) is 19.7 Å². The summed E-state index contributed by atoms with van der Waals surface area (Å²) in [6, 6.07) is 9.46. The maximum Gasteiger partial charge on any atom is 0.330 e. The van der Waals surface area contributed by atoms with Crippen molar-refractivity contribution in [3.8, 4) is 0 Å². The Balaban J connectivity index is 1.90. The summed E-state index contributed by atoms with van der Waals surface area (Å²) < 4.78 is 6.98. The van der Waals surface area contributed by atoms with Gasteiger partial charge < -0.3 is 20.7 Å². The Labute approximate surface area is 174 Å². The van der Waals surface area contributed by atoms with Crippen LogP contribution in [0.1, 0.15) is 31.7 Å². The molecule has 1 atom stereocenters. The van der Waals surface area contributed by atoms with E-state index in [9.17, 15) is 9.59 Å². The van der Waals surface area contributed by atoms with Crippen LogP contribution in [0.15, 0.2) is 39.9 Å². The van der Waals surface area contributed by atoms with Crippen LogP contribution >= 0.6 is 12.2 Å². The van der Waals surface area contributed by atoms with Gasteiger partial charge in [-0.3, -0.25) is 14.3 Å². The van der Waals surface area contributed by atoms with Crippen molar-refractivity contribution in [3.63, 3.8) is 0 Å². The maximum atomic E-state index is 12.6. The van der Waals surface area contributed by atoms with Gasteiger partial charge in [-0.1, -0.05) is 37.3 Å². The smallest absolute Gasteiger partial charge is 0.330 e. The van der Waals surface area contributed by atoms with E-state index in [1.54, 1.807) is 4.90 Å². The highest BCUT2D eigenvalue weighted by Gasteiger charge is 2.23. The lowest BCUT2D eigenvalue weighted by Gasteiger charge is -2.27. The highest BCUT2D eigenvalue weighted by atomic mass is 32.1. The third-order valence-electron chi connectivity index (χ3n) is 4.86. The molecule has 0 saturated carbocycles. The van der Waals surface area contributed by atoms with Crippen molar-refractivity contribution in [3.05, 3.63) is 56.7 Å². The molecule has 1 saturated heterocycles. The number of nitrogens with zero attached hydrogens (tertiary/aromatic N) is 2. The molecule has 2 heterocycles. The minimum atomic E-state index is -0.550. The normalized spacial score (nSPS) is 16.0. The van der Waals surface area contributed by atoms with Crippen molar-refractivity contribution in [2.45, 2.75) is 38.8 Å². The average Bonchev–Trinajstić information content (AvgIpc) is 3.23. The number of nitrogens with one attached hydrogen (secondary N) is 2. The van der Waals surface area contributed by atoms with Gasteiger partial charge >= 0.3 is 5.69 Å². The summed E-state index contributed by atoms with van der Waals surface area (Å²) in [5.41, 5.74) is 6.30. The second-order valence-electron chi connectivity index (χ2n) is 7.04. The van der Waals surface area contributed by atoms with Crippen LogP contribution < -0.4 is 27.2 Å². The molecule has 1 fully saturated rings. The average molecular weight is 418 g/mol. The number of rotatable bonds is 7. The van der Waals surface area contributed by atoms with Crippen LogP contribution in [0.2, 0.25) is 0 Å². The summed E-state index contributed by atoms with van der Waals surface area (Å²) in [6.07, 6.45) is 2.88. The van der Waals surface area contributed by atoms with Crippen LogP contribution in [-0.4, -0.2) is 40.5 Å². The van der Waals surface area contributed by atoms with E-state index < -0.39 is 11.2 Å². The predicted octanol–water partition coefficient (Wildman–Crippen LogP) is 1.44. The fourth-order valence-corrected chi connectivity index (χ4v) is 3.67. The molecule has 0 radical (unpaired) electrons. The second-order valence-corrected chi connectivity index (χ2v) is 7.42. The zero-order valence-electron chi connectivity index (χ0n) is 16.5. The number of aromatic nitrogens is 2. The molecule has 1 aromatic carbocycles. The third kappa shape index (κ3) is 5.04. The van der Waals surface area contributed by atoms with Crippen LogP contribution in [0.4, 0.5) is 11.5 Å². The lowest BCUT2D eigenvalue weighted by Crippen LogP contribution is -2.47. The van der Waals surface area contributed by atoms with Crippen LogP contribution in [0.3, 0.4) is 0 Å². The minimum absolute atomic E-state index is 0.0947. The maximum absolute atomic E-state index is 12.6. The molecular weight excluding hydrogens is 390 g/mol. The van der Waals surface area contributed by atoms with E-state index in [2.05, 4.69) is 10.3 Å². The van der Waals surface area contributed by atoms with E-state index in [4.69, 9.17) is 22.7 Å². The molecule has 3 rings (SSSR count). The van der Waals surface area contributed by atoms with Crippen molar-refractivity contribution < 1.29 is 4.74 Å². The highest BCUT2D eigenvalue weighted by Crippen LogP contribution is 2.19. The van der Waals surface area contributed by atoms with Gasteiger partial charge in [-0.25, -0.2) is 4.79 Å². The van der Waals surface area contributed by atoms with Crippen LogP contribution in [0, 0.1) is 0 Å². The van der Waals surface area contributed by atoms with Gasteiger partial charge in [-0.15, -0.1) is 0 Å². The number of hydrogen-bond acceptors (Lipinski definition) is 5. The molecule has 2 aromatic rings. The molecule has 29 heavy (non-hydrogen) atoms. The Morgan fingerprint density at radius 3 is 2.79 bits per heavy atom. The molecule has 4 N–H and O–H groups in total. The number of thiocarbonyl (C=S) groups is 1. The fourth-order valence-electron chi connectivity index (χ4n) is 3.40. The number of benzene rings is 1. The third-order valence-corrected chi connectivity index (χ3v) is 5.23. The van der Waals surface area contributed by atoms with Crippen molar-refractivity contribution in [2.24, 2.45) is 0 Å². The van der Waals surface area contributed by atoms with E-state index >= 15 is 0 Å². The molecule has 0 spiro atoms. The van der Waals surface area contributed by atoms with Crippen LogP contribution in [0.25, 0.3) is 0 Å². The van der Waals surface area contributed by atoms with Gasteiger partial charge in [0.15, 0.2) is 10.8 Å². The summed E-state index contributed by atoms with van der Waals surface area (Å²) in [7, 11) is 0. The van der Waals surface area contributed by atoms with Crippen molar-refractivity contribution in [1.29, 1.82) is 0 Å². The van der Waals surface area contributed by atoms with Gasteiger partial charge in [0.2, 0.25) is 0 Å². The fraction of sp³-hybridized carbons (Fsp3) is 0.450. The van der Waals surface area contributed by atoms with Crippen LogP contribution in [-0.2, 0) is 11.3 Å².